The Morgan fingerprint density at radius 2 is 2.38 bits per heavy atom. The molecule has 0 radical (unpaired) electrons. The minimum Gasteiger partial charge on any atom is -0.477 e. The summed E-state index contributed by atoms with van der Waals surface area (Å²) in [5.74, 6) is 1.46. The second kappa shape index (κ2) is 3.24. The zero-order valence-electron chi connectivity index (χ0n) is 7.79. The van der Waals surface area contributed by atoms with Crippen molar-refractivity contribution in [1.29, 1.82) is 0 Å². The van der Waals surface area contributed by atoms with E-state index < -0.39 is 0 Å². The summed E-state index contributed by atoms with van der Waals surface area (Å²) in [5, 5.41) is 0. The number of ether oxygens (including phenoxy) is 1. The van der Waals surface area contributed by atoms with Crippen molar-refractivity contribution in [2.24, 2.45) is 5.92 Å². The Kier molecular flexibility index (Phi) is 2.08. The van der Waals surface area contributed by atoms with Crippen molar-refractivity contribution in [1.82, 2.24) is 4.98 Å². The third kappa shape index (κ3) is 2.11. The first-order valence-electron chi connectivity index (χ1n) is 4.60. The number of rotatable bonds is 3. The molecule has 1 aromatic heterocycles. The maximum atomic E-state index is 5.64. The van der Waals surface area contributed by atoms with Crippen LogP contribution in [0.1, 0.15) is 18.4 Å². The van der Waals surface area contributed by atoms with E-state index in [2.05, 4.69) is 4.98 Å². The van der Waals surface area contributed by atoms with Gasteiger partial charge in [-0.3, -0.25) is 0 Å². The minimum absolute atomic E-state index is 0.693. The van der Waals surface area contributed by atoms with E-state index in [0.717, 1.165) is 23.8 Å². The summed E-state index contributed by atoms with van der Waals surface area (Å²) in [7, 11) is 0. The molecule has 3 nitrogen and oxygen atoms in total. The van der Waals surface area contributed by atoms with Crippen LogP contribution in [0.15, 0.2) is 12.3 Å². The van der Waals surface area contributed by atoms with Gasteiger partial charge < -0.3 is 10.5 Å². The summed E-state index contributed by atoms with van der Waals surface area (Å²) >= 11 is 0. The van der Waals surface area contributed by atoms with Crippen molar-refractivity contribution in [3.8, 4) is 5.88 Å². The first-order valence-corrected chi connectivity index (χ1v) is 4.60. The van der Waals surface area contributed by atoms with Gasteiger partial charge in [0.05, 0.1) is 18.5 Å². The maximum absolute atomic E-state index is 5.64. The molecule has 0 amide bonds. The lowest BCUT2D eigenvalue weighted by Gasteiger charge is -2.05. The van der Waals surface area contributed by atoms with Crippen LogP contribution in [0.4, 0.5) is 5.69 Å². The third-order valence-electron chi connectivity index (χ3n) is 2.29. The fraction of sp³-hybridized carbons (Fsp3) is 0.500. The SMILES string of the molecule is Cc1cc(OCC2CC2)ncc1N. The van der Waals surface area contributed by atoms with E-state index >= 15 is 0 Å². The van der Waals surface area contributed by atoms with Crippen LogP contribution < -0.4 is 10.5 Å². The largest absolute Gasteiger partial charge is 0.477 e. The summed E-state index contributed by atoms with van der Waals surface area (Å²) in [6, 6.07) is 1.89. The molecule has 3 heteroatoms. The number of hydrogen-bond acceptors (Lipinski definition) is 3. The number of anilines is 1. The second-order valence-corrected chi connectivity index (χ2v) is 3.63. The summed E-state index contributed by atoms with van der Waals surface area (Å²) in [6.45, 7) is 2.76. The summed E-state index contributed by atoms with van der Waals surface area (Å²) in [5.41, 5.74) is 7.39. The molecule has 1 aliphatic carbocycles. The van der Waals surface area contributed by atoms with Gasteiger partial charge in [0.15, 0.2) is 0 Å². The Bertz CT molecular complexity index is 308. The van der Waals surface area contributed by atoms with E-state index in [1.54, 1.807) is 6.20 Å². The molecule has 1 heterocycles. The molecule has 0 atom stereocenters. The molecule has 0 aliphatic heterocycles. The van der Waals surface area contributed by atoms with E-state index in [1.165, 1.54) is 12.8 Å². The van der Waals surface area contributed by atoms with Crippen LogP contribution in [0, 0.1) is 12.8 Å². The van der Waals surface area contributed by atoms with E-state index in [0.29, 0.717) is 5.88 Å². The smallest absolute Gasteiger partial charge is 0.213 e. The Morgan fingerprint density at radius 1 is 1.62 bits per heavy atom. The molecule has 1 aromatic rings. The van der Waals surface area contributed by atoms with Gasteiger partial charge in [-0.25, -0.2) is 4.98 Å². The predicted octanol–water partition coefficient (Wildman–Crippen LogP) is 1.76. The van der Waals surface area contributed by atoms with Crippen molar-refractivity contribution in [2.75, 3.05) is 12.3 Å². The number of nitrogens with zero attached hydrogens (tertiary/aromatic N) is 1. The molecule has 0 bridgehead atoms. The summed E-state index contributed by atoms with van der Waals surface area (Å²) in [4.78, 5) is 4.09. The van der Waals surface area contributed by atoms with Gasteiger partial charge >= 0.3 is 0 Å². The van der Waals surface area contributed by atoms with Crippen LogP contribution in [0.25, 0.3) is 0 Å². The average molecular weight is 178 g/mol. The van der Waals surface area contributed by atoms with Gasteiger partial charge in [0, 0.05) is 6.07 Å². The number of hydrogen-bond donors (Lipinski definition) is 1. The van der Waals surface area contributed by atoms with Crippen LogP contribution >= 0.6 is 0 Å². The Hall–Kier alpha value is -1.25. The first kappa shape index (κ1) is 8.35. The third-order valence-corrected chi connectivity index (χ3v) is 2.29. The quantitative estimate of drug-likeness (QED) is 0.767. The zero-order chi connectivity index (χ0) is 9.26. The van der Waals surface area contributed by atoms with E-state index in [1.807, 2.05) is 13.0 Å². The molecular weight excluding hydrogens is 164 g/mol. The van der Waals surface area contributed by atoms with Crippen molar-refractivity contribution in [3.05, 3.63) is 17.8 Å². The molecule has 1 saturated carbocycles. The van der Waals surface area contributed by atoms with Crippen LogP contribution in [-0.2, 0) is 0 Å². The Morgan fingerprint density at radius 3 is 3.00 bits per heavy atom. The van der Waals surface area contributed by atoms with Gasteiger partial charge in [0.25, 0.3) is 0 Å². The number of pyridine rings is 1. The van der Waals surface area contributed by atoms with Gasteiger partial charge in [0.2, 0.25) is 5.88 Å². The van der Waals surface area contributed by atoms with Crippen LogP contribution in [0.5, 0.6) is 5.88 Å². The summed E-state index contributed by atoms with van der Waals surface area (Å²) < 4.78 is 5.50. The molecule has 0 unspecified atom stereocenters. The van der Waals surface area contributed by atoms with Crippen LogP contribution in [0.2, 0.25) is 0 Å². The summed E-state index contributed by atoms with van der Waals surface area (Å²) in [6.07, 6.45) is 4.25. The standard InChI is InChI=1S/C10H14N2O/c1-7-4-10(12-5-9(7)11)13-6-8-2-3-8/h4-5,8H,2-3,6,11H2,1H3. The van der Waals surface area contributed by atoms with Gasteiger partial charge in [-0.1, -0.05) is 0 Å². The molecule has 70 valence electrons. The highest BCUT2D eigenvalue weighted by atomic mass is 16.5. The predicted molar refractivity (Wildman–Crippen MR) is 51.6 cm³/mol. The number of aromatic nitrogens is 1. The molecule has 1 fully saturated rings. The fourth-order valence-electron chi connectivity index (χ4n) is 1.11. The molecule has 2 N–H and O–H groups in total. The minimum atomic E-state index is 0.693. The average Bonchev–Trinajstić information content (AvgIpc) is 2.91. The lowest BCUT2D eigenvalue weighted by Crippen LogP contribution is -2.01. The van der Waals surface area contributed by atoms with Gasteiger partial charge in [-0.2, -0.15) is 0 Å². The Balaban J connectivity index is 1.98. The van der Waals surface area contributed by atoms with Gasteiger partial charge in [0.1, 0.15) is 0 Å². The fourth-order valence-corrected chi connectivity index (χ4v) is 1.11. The molecule has 0 saturated heterocycles. The van der Waals surface area contributed by atoms with Gasteiger partial charge in [-0.05, 0) is 31.2 Å². The monoisotopic (exact) mass is 178 g/mol. The number of aryl methyl sites for hydroxylation is 1. The van der Waals surface area contributed by atoms with Crippen molar-refractivity contribution < 1.29 is 4.74 Å². The molecule has 0 spiro atoms. The van der Waals surface area contributed by atoms with E-state index in [9.17, 15) is 0 Å². The molecule has 13 heavy (non-hydrogen) atoms. The molecule has 2 rings (SSSR count). The van der Waals surface area contributed by atoms with Crippen molar-refractivity contribution >= 4 is 5.69 Å². The van der Waals surface area contributed by atoms with Gasteiger partial charge in [-0.15, -0.1) is 0 Å². The Labute approximate surface area is 77.9 Å². The number of nitrogen functional groups attached to an aromatic ring is 1. The topological polar surface area (TPSA) is 48.1 Å². The lowest BCUT2D eigenvalue weighted by atomic mass is 10.2. The highest BCUT2D eigenvalue weighted by Crippen LogP contribution is 2.29. The maximum Gasteiger partial charge on any atom is 0.213 e. The van der Waals surface area contributed by atoms with Crippen LogP contribution in [-0.4, -0.2) is 11.6 Å². The molecular formula is C10H14N2O. The molecule has 1 aliphatic rings. The van der Waals surface area contributed by atoms with Crippen molar-refractivity contribution in [2.45, 2.75) is 19.8 Å². The van der Waals surface area contributed by atoms with Crippen LogP contribution in [0.3, 0.4) is 0 Å². The van der Waals surface area contributed by atoms with E-state index in [4.69, 9.17) is 10.5 Å². The highest BCUT2D eigenvalue weighted by molar-refractivity contribution is 5.45. The number of nitrogens with two attached hydrogens (primary N) is 1. The van der Waals surface area contributed by atoms with Crippen molar-refractivity contribution in [3.63, 3.8) is 0 Å². The first-order chi connectivity index (χ1) is 6.25. The normalized spacial score (nSPS) is 15.8. The zero-order valence-corrected chi connectivity index (χ0v) is 7.79. The highest BCUT2D eigenvalue weighted by Gasteiger charge is 2.22. The lowest BCUT2D eigenvalue weighted by molar-refractivity contribution is 0.288. The second-order valence-electron chi connectivity index (χ2n) is 3.63. The molecule has 0 aromatic carbocycles. The van der Waals surface area contributed by atoms with E-state index in [-0.39, 0.29) is 0 Å².